The average molecular weight is 375 g/mol. The van der Waals surface area contributed by atoms with Crippen LogP contribution in [0.2, 0.25) is 5.02 Å². The molecule has 0 aliphatic carbocycles. The number of benzene rings is 3. The van der Waals surface area contributed by atoms with Gasteiger partial charge in [-0.05, 0) is 35.0 Å². The fourth-order valence-corrected chi connectivity index (χ4v) is 3.31. The van der Waals surface area contributed by atoms with E-state index in [1.165, 1.54) is 0 Å². The van der Waals surface area contributed by atoms with Gasteiger partial charge in [-0.1, -0.05) is 54.1 Å². The Balaban J connectivity index is 1.72. The van der Waals surface area contributed by atoms with E-state index in [-0.39, 0.29) is 11.8 Å². The SMILES string of the molecule is O=c1nc(-c2cc3c(ccc4ccccc43)o2)oc(-c2ccccc2Cl)n1. The molecular weight excluding hydrogens is 364 g/mol. The Kier molecular flexibility index (Phi) is 3.55. The number of fused-ring (bicyclic) bond motifs is 3. The molecule has 0 radical (unpaired) electrons. The zero-order valence-corrected chi connectivity index (χ0v) is 14.6. The third-order valence-corrected chi connectivity index (χ3v) is 4.66. The van der Waals surface area contributed by atoms with Crippen molar-refractivity contribution in [2.75, 3.05) is 0 Å². The van der Waals surface area contributed by atoms with Gasteiger partial charge in [-0.3, -0.25) is 0 Å². The Morgan fingerprint density at radius 1 is 0.778 bits per heavy atom. The number of halogens is 1. The minimum atomic E-state index is -0.670. The quantitative estimate of drug-likeness (QED) is 0.418. The van der Waals surface area contributed by atoms with Crippen molar-refractivity contribution in [2.45, 2.75) is 0 Å². The summed E-state index contributed by atoms with van der Waals surface area (Å²) in [5, 5.41) is 3.50. The maximum Gasteiger partial charge on any atom is 0.373 e. The van der Waals surface area contributed by atoms with Crippen molar-refractivity contribution in [3.63, 3.8) is 0 Å². The smallest absolute Gasteiger partial charge is 0.373 e. The van der Waals surface area contributed by atoms with Gasteiger partial charge in [0.05, 0.1) is 10.6 Å². The van der Waals surface area contributed by atoms with Crippen LogP contribution in [-0.4, -0.2) is 9.97 Å². The van der Waals surface area contributed by atoms with Gasteiger partial charge < -0.3 is 8.83 Å². The molecule has 5 nitrogen and oxygen atoms in total. The highest BCUT2D eigenvalue weighted by Crippen LogP contribution is 2.33. The molecule has 0 fully saturated rings. The topological polar surface area (TPSA) is 69.1 Å². The molecule has 5 rings (SSSR count). The normalized spacial score (nSPS) is 11.3. The summed E-state index contributed by atoms with van der Waals surface area (Å²) >= 11 is 6.19. The molecule has 0 saturated heterocycles. The van der Waals surface area contributed by atoms with E-state index in [4.69, 9.17) is 20.4 Å². The number of nitrogens with zero attached hydrogens (tertiary/aromatic N) is 2. The standard InChI is InChI=1S/C21H11ClN2O3/c22-16-8-4-3-7-14(16)19-23-21(25)24-20(27-19)18-11-15-13-6-2-1-5-12(13)9-10-17(15)26-18/h1-11H. The maximum atomic E-state index is 12.0. The summed E-state index contributed by atoms with van der Waals surface area (Å²) in [6, 6.07) is 20.7. The highest BCUT2D eigenvalue weighted by atomic mass is 35.5. The Morgan fingerprint density at radius 3 is 2.44 bits per heavy atom. The summed E-state index contributed by atoms with van der Waals surface area (Å²) in [7, 11) is 0. The summed E-state index contributed by atoms with van der Waals surface area (Å²) < 4.78 is 11.6. The third kappa shape index (κ3) is 2.69. The van der Waals surface area contributed by atoms with Gasteiger partial charge in [0.2, 0.25) is 5.89 Å². The summed E-state index contributed by atoms with van der Waals surface area (Å²) in [5.74, 6) is 0.514. The van der Waals surface area contributed by atoms with E-state index in [1.54, 1.807) is 24.3 Å². The first-order valence-electron chi connectivity index (χ1n) is 8.25. The molecule has 6 heteroatoms. The van der Waals surface area contributed by atoms with Gasteiger partial charge in [0.25, 0.3) is 5.89 Å². The molecule has 0 unspecified atom stereocenters. The molecule has 5 aromatic rings. The van der Waals surface area contributed by atoms with Crippen LogP contribution in [0.5, 0.6) is 0 Å². The van der Waals surface area contributed by atoms with Gasteiger partial charge in [0, 0.05) is 5.39 Å². The van der Waals surface area contributed by atoms with Crippen molar-refractivity contribution in [2.24, 2.45) is 0 Å². The highest BCUT2D eigenvalue weighted by molar-refractivity contribution is 6.33. The van der Waals surface area contributed by atoms with Crippen LogP contribution in [0.1, 0.15) is 0 Å². The molecule has 0 bridgehead atoms. The summed E-state index contributed by atoms with van der Waals surface area (Å²) in [6.07, 6.45) is 0. The van der Waals surface area contributed by atoms with Crippen molar-refractivity contribution in [3.05, 3.63) is 82.2 Å². The zero-order chi connectivity index (χ0) is 18.4. The van der Waals surface area contributed by atoms with Gasteiger partial charge in [0.15, 0.2) is 5.76 Å². The highest BCUT2D eigenvalue weighted by Gasteiger charge is 2.16. The van der Waals surface area contributed by atoms with Crippen LogP contribution >= 0.6 is 11.6 Å². The van der Waals surface area contributed by atoms with E-state index in [1.807, 2.05) is 42.5 Å². The van der Waals surface area contributed by atoms with Crippen LogP contribution in [0.4, 0.5) is 0 Å². The minimum Gasteiger partial charge on any atom is -0.451 e. The van der Waals surface area contributed by atoms with E-state index in [0.717, 1.165) is 16.2 Å². The first-order valence-corrected chi connectivity index (χ1v) is 8.62. The van der Waals surface area contributed by atoms with Crippen LogP contribution < -0.4 is 5.69 Å². The van der Waals surface area contributed by atoms with Gasteiger partial charge in [-0.2, -0.15) is 9.97 Å². The molecule has 130 valence electrons. The second-order valence-corrected chi connectivity index (χ2v) is 6.41. The van der Waals surface area contributed by atoms with E-state index in [9.17, 15) is 4.79 Å². The van der Waals surface area contributed by atoms with E-state index in [2.05, 4.69) is 9.97 Å². The second kappa shape index (κ2) is 6.07. The molecule has 0 aliphatic rings. The lowest BCUT2D eigenvalue weighted by Crippen LogP contribution is -2.11. The van der Waals surface area contributed by atoms with E-state index < -0.39 is 5.69 Å². The van der Waals surface area contributed by atoms with Gasteiger partial charge in [-0.15, -0.1) is 0 Å². The van der Waals surface area contributed by atoms with Crippen molar-refractivity contribution in [1.29, 1.82) is 0 Å². The number of furan rings is 1. The molecule has 2 aromatic heterocycles. The fraction of sp³-hybridized carbons (Fsp3) is 0. The van der Waals surface area contributed by atoms with Crippen molar-refractivity contribution in [3.8, 4) is 23.1 Å². The number of hydrogen-bond acceptors (Lipinski definition) is 5. The Morgan fingerprint density at radius 2 is 1.56 bits per heavy atom. The Hall–Kier alpha value is -3.44. The van der Waals surface area contributed by atoms with Crippen LogP contribution in [0.15, 0.2) is 80.4 Å². The predicted octanol–water partition coefficient (Wildman–Crippen LogP) is 5.32. The molecular formula is C21H11ClN2O3. The molecule has 0 amide bonds. The number of aromatic nitrogens is 2. The molecule has 0 aliphatic heterocycles. The molecule has 0 N–H and O–H groups in total. The van der Waals surface area contributed by atoms with Crippen LogP contribution in [0, 0.1) is 0 Å². The first-order chi connectivity index (χ1) is 13.2. The van der Waals surface area contributed by atoms with Gasteiger partial charge in [-0.25, -0.2) is 4.79 Å². The summed E-state index contributed by atoms with van der Waals surface area (Å²) in [5.41, 5.74) is 0.530. The zero-order valence-electron chi connectivity index (χ0n) is 13.8. The average Bonchev–Trinajstić information content (AvgIpc) is 3.13. The number of rotatable bonds is 2. The summed E-state index contributed by atoms with van der Waals surface area (Å²) in [6.45, 7) is 0. The summed E-state index contributed by atoms with van der Waals surface area (Å²) in [4.78, 5) is 19.7. The number of hydrogen-bond donors (Lipinski definition) is 0. The Labute approximate surface area is 157 Å². The minimum absolute atomic E-state index is 0.0604. The van der Waals surface area contributed by atoms with Gasteiger partial charge in [0.1, 0.15) is 5.58 Å². The van der Waals surface area contributed by atoms with Crippen LogP contribution in [-0.2, 0) is 0 Å². The Bertz CT molecular complexity index is 1370. The van der Waals surface area contributed by atoms with Gasteiger partial charge >= 0.3 is 5.69 Å². The lowest BCUT2D eigenvalue weighted by Gasteiger charge is -2.02. The lowest BCUT2D eigenvalue weighted by molar-refractivity contribution is 0.501. The largest absolute Gasteiger partial charge is 0.451 e. The molecule has 0 atom stereocenters. The fourth-order valence-electron chi connectivity index (χ4n) is 3.09. The third-order valence-electron chi connectivity index (χ3n) is 4.33. The predicted molar refractivity (Wildman–Crippen MR) is 104 cm³/mol. The lowest BCUT2D eigenvalue weighted by atomic mass is 10.1. The molecule has 3 aromatic carbocycles. The van der Waals surface area contributed by atoms with Crippen molar-refractivity contribution >= 4 is 33.3 Å². The van der Waals surface area contributed by atoms with E-state index in [0.29, 0.717) is 21.9 Å². The van der Waals surface area contributed by atoms with E-state index >= 15 is 0 Å². The molecule has 0 spiro atoms. The first kappa shape index (κ1) is 15.8. The van der Waals surface area contributed by atoms with Crippen molar-refractivity contribution < 1.29 is 8.83 Å². The van der Waals surface area contributed by atoms with Crippen LogP contribution in [0.3, 0.4) is 0 Å². The maximum absolute atomic E-state index is 12.0. The molecule has 0 saturated carbocycles. The van der Waals surface area contributed by atoms with Crippen molar-refractivity contribution in [1.82, 2.24) is 9.97 Å². The molecule has 2 heterocycles. The second-order valence-electron chi connectivity index (χ2n) is 6.01. The van der Waals surface area contributed by atoms with Crippen LogP contribution in [0.25, 0.3) is 44.8 Å². The molecule has 27 heavy (non-hydrogen) atoms. The monoisotopic (exact) mass is 374 g/mol.